The molecule has 1 aliphatic rings. The Hall–Kier alpha value is -1.81. The lowest BCUT2D eigenvalue weighted by Gasteiger charge is -2.20. The smallest absolute Gasteiger partial charge is 0.257 e. The van der Waals surface area contributed by atoms with Gasteiger partial charge in [0.25, 0.3) is 5.56 Å². The minimum Gasteiger partial charge on any atom is -0.316 e. The van der Waals surface area contributed by atoms with Crippen LogP contribution in [-0.2, 0) is 18.6 Å². The summed E-state index contributed by atoms with van der Waals surface area (Å²) >= 11 is 1.71. The molecule has 2 aromatic rings. The molecule has 0 bridgehead atoms. The standard InChI is InChI=1S/C19H22N2OS/c1-12-7-13(2)9-14(8-12)11-23-19-16-6-4-3-5-15(16)17(10-20)18(22)21-19/h7-10,20H,3-6,11H2,1-2H3,(H,21,22). The van der Waals surface area contributed by atoms with Gasteiger partial charge in [0.15, 0.2) is 0 Å². The Labute approximate surface area is 141 Å². The van der Waals surface area contributed by atoms with Crippen molar-refractivity contribution in [3.63, 3.8) is 0 Å². The average molecular weight is 326 g/mol. The zero-order valence-electron chi connectivity index (χ0n) is 13.7. The van der Waals surface area contributed by atoms with Crippen LogP contribution in [0.25, 0.3) is 0 Å². The SMILES string of the molecule is Cc1cc(C)cc(CSc2[nH]c(=O)c(C=N)c3c2CCCC3)c1. The van der Waals surface area contributed by atoms with Crippen molar-refractivity contribution < 1.29 is 0 Å². The fourth-order valence-corrected chi connectivity index (χ4v) is 4.46. The Morgan fingerprint density at radius 2 is 1.78 bits per heavy atom. The third-order valence-corrected chi connectivity index (χ3v) is 5.46. The first-order chi connectivity index (χ1) is 11.1. The Morgan fingerprint density at radius 1 is 1.13 bits per heavy atom. The van der Waals surface area contributed by atoms with E-state index in [4.69, 9.17) is 5.41 Å². The van der Waals surface area contributed by atoms with Crippen molar-refractivity contribution in [2.45, 2.75) is 50.3 Å². The molecule has 3 rings (SSSR count). The third kappa shape index (κ3) is 3.42. The number of hydrogen-bond acceptors (Lipinski definition) is 3. The van der Waals surface area contributed by atoms with E-state index in [-0.39, 0.29) is 5.56 Å². The van der Waals surface area contributed by atoms with E-state index in [1.807, 2.05) is 0 Å². The molecule has 1 aromatic carbocycles. The van der Waals surface area contributed by atoms with Crippen molar-refractivity contribution in [1.29, 1.82) is 5.41 Å². The molecule has 0 unspecified atom stereocenters. The fourth-order valence-electron chi connectivity index (χ4n) is 3.42. The average Bonchev–Trinajstić information content (AvgIpc) is 2.52. The lowest BCUT2D eigenvalue weighted by Crippen LogP contribution is -2.21. The number of thioether (sulfide) groups is 1. The summed E-state index contributed by atoms with van der Waals surface area (Å²) in [5.41, 5.74) is 6.61. The first-order valence-corrected chi connectivity index (χ1v) is 9.05. The molecule has 0 fully saturated rings. The van der Waals surface area contributed by atoms with E-state index in [0.717, 1.165) is 42.0 Å². The van der Waals surface area contributed by atoms with E-state index in [1.165, 1.54) is 28.5 Å². The number of nitrogens with one attached hydrogen (secondary N) is 2. The van der Waals surface area contributed by atoms with Gasteiger partial charge < -0.3 is 10.4 Å². The molecule has 0 spiro atoms. The van der Waals surface area contributed by atoms with Gasteiger partial charge in [-0.2, -0.15) is 0 Å². The third-order valence-electron chi connectivity index (χ3n) is 4.35. The van der Waals surface area contributed by atoms with Crippen LogP contribution in [0.2, 0.25) is 0 Å². The van der Waals surface area contributed by atoms with Gasteiger partial charge in [0.05, 0.1) is 10.6 Å². The molecule has 0 radical (unpaired) electrons. The summed E-state index contributed by atoms with van der Waals surface area (Å²) < 4.78 is 0. The van der Waals surface area contributed by atoms with Gasteiger partial charge in [-0.1, -0.05) is 29.3 Å². The molecular formula is C19H22N2OS. The number of aromatic amines is 1. The number of rotatable bonds is 4. The normalized spacial score (nSPS) is 13.7. The maximum absolute atomic E-state index is 12.2. The number of pyridine rings is 1. The lowest BCUT2D eigenvalue weighted by molar-refractivity contribution is 0.664. The molecule has 23 heavy (non-hydrogen) atoms. The highest BCUT2D eigenvalue weighted by atomic mass is 32.2. The van der Waals surface area contributed by atoms with E-state index in [2.05, 4.69) is 37.0 Å². The van der Waals surface area contributed by atoms with Gasteiger partial charge in [-0.3, -0.25) is 4.79 Å². The highest BCUT2D eigenvalue weighted by Crippen LogP contribution is 2.31. The van der Waals surface area contributed by atoms with Gasteiger partial charge in [0.2, 0.25) is 0 Å². The van der Waals surface area contributed by atoms with Crippen molar-refractivity contribution in [3.8, 4) is 0 Å². The fraction of sp³-hybridized carbons (Fsp3) is 0.368. The van der Waals surface area contributed by atoms with Crippen LogP contribution < -0.4 is 5.56 Å². The Balaban J connectivity index is 1.92. The predicted octanol–water partition coefficient (Wildman–Crippen LogP) is 4.16. The van der Waals surface area contributed by atoms with Gasteiger partial charge >= 0.3 is 0 Å². The van der Waals surface area contributed by atoms with Crippen LogP contribution in [-0.4, -0.2) is 11.2 Å². The second-order valence-electron chi connectivity index (χ2n) is 6.29. The Bertz CT molecular complexity index is 787. The number of benzene rings is 1. The molecule has 0 atom stereocenters. The van der Waals surface area contributed by atoms with Crippen molar-refractivity contribution in [3.05, 3.63) is 61.9 Å². The van der Waals surface area contributed by atoms with Gasteiger partial charge in [0, 0.05) is 12.0 Å². The number of fused-ring (bicyclic) bond motifs is 1. The van der Waals surface area contributed by atoms with Crippen LogP contribution in [0.5, 0.6) is 0 Å². The molecule has 0 saturated carbocycles. The summed E-state index contributed by atoms with van der Waals surface area (Å²) in [6.07, 6.45) is 5.40. The Morgan fingerprint density at radius 3 is 2.43 bits per heavy atom. The summed E-state index contributed by atoms with van der Waals surface area (Å²) in [6, 6.07) is 6.59. The molecule has 0 amide bonds. The molecule has 0 saturated heterocycles. The minimum atomic E-state index is -0.122. The van der Waals surface area contributed by atoms with Crippen molar-refractivity contribution in [1.82, 2.24) is 4.98 Å². The molecule has 2 N–H and O–H groups in total. The largest absolute Gasteiger partial charge is 0.316 e. The summed E-state index contributed by atoms with van der Waals surface area (Å²) in [6.45, 7) is 4.23. The van der Waals surface area contributed by atoms with Crippen LogP contribution in [0.4, 0.5) is 0 Å². The van der Waals surface area contributed by atoms with Crippen LogP contribution in [0.15, 0.2) is 28.0 Å². The molecule has 1 aliphatic carbocycles. The summed E-state index contributed by atoms with van der Waals surface area (Å²) in [5.74, 6) is 0.856. The van der Waals surface area contributed by atoms with Crippen LogP contribution >= 0.6 is 11.8 Å². The Kier molecular flexibility index (Phi) is 4.71. The van der Waals surface area contributed by atoms with Crippen molar-refractivity contribution >= 4 is 18.0 Å². The van der Waals surface area contributed by atoms with Gasteiger partial charge in [-0.25, -0.2) is 0 Å². The summed E-state index contributed by atoms with van der Waals surface area (Å²) in [4.78, 5) is 15.3. The van der Waals surface area contributed by atoms with Crippen molar-refractivity contribution in [2.24, 2.45) is 0 Å². The molecular weight excluding hydrogens is 304 g/mol. The highest BCUT2D eigenvalue weighted by molar-refractivity contribution is 7.98. The lowest BCUT2D eigenvalue weighted by atomic mass is 9.90. The molecule has 4 heteroatoms. The van der Waals surface area contributed by atoms with Gasteiger partial charge in [0.1, 0.15) is 0 Å². The van der Waals surface area contributed by atoms with Gasteiger partial charge in [-0.15, -0.1) is 11.8 Å². The molecule has 3 nitrogen and oxygen atoms in total. The van der Waals surface area contributed by atoms with Crippen LogP contribution in [0, 0.1) is 19.3 Å². The first kappa shape index (κ1) is 16.1. The first-order valence-electron chi connectivity index (χ1n) is 8.07. The molecule has 1 heterocycles. The highest BCUT2D eigenvalue weighted by Gasteiger charge is 2.19. The number of aromatic nitrogens is 1. The minimum absolute atomic E-state index is 0.122. The number of H-pyrrole nitrogens is 1. The van der Waals surface area contributed by atoms with E-state index >= 15 is 0 Å². The molecule has 0 aliphatic heterocycles. The summed E-state index contributed by atoms with van der Waals surface area (Å²) in [7, 11) is 0. The maximum Gasteiger partial charge on any atom is 0.257 e. The monoisotopic (exact) mass is 326 g/mol. The van der Waals surface area contributed by atoms with Crippen LogP contribution in [0.1, 0.15) is 46.2 Å². The second-order valence-corrected chi connectivity index (χ2v) is 7.28. The second kappa shape index (κ2) is 6.75. The zero-order chi connectivity index (χ0) is 16.4. The van der Waals surface area contributed by atoms with Crippen molar-refractivity contribution in [2.75, 3.05) is 0 Å². The molecule has 1 aromatic heterocycles. The quantitative estimate of drug-likeness (QED) is 0.655. The van der Waals surface area contributed by atoms with E-state index in [1.54, 1.807) is 11.8 Å². The predicted molar refractivity (Wildman–Crippen MR) is 97.1 cm³/mol. The maximum atomic E-state index is 12.2. The van der Waals surface area contributed by atoms with Gasteiger partial charge in [-0.05, 0) is 56.2 Å². The summed E-state index contributed by atoms with van der Waals surface area (Å²) in [5, 5.41) is 8.52. The number of aryl methyl sites for hydroxylation is 2. The topological polar surface area (TPSA) is 56.7 Å². The van der Waals surface area contributed by atoms with E-state index in [0.29, 0.717) is 5.56 Å². The van der Waals surface area contributed by atoms with Crippen LogP contribution in [0.3, 0.4) is 0 Å². The number of hydrogen-bond donors (Lipinski definition) is 2. The molecule has 120 valence electrons. The van der Waals surface area contributed by atoms with E-state index < -0.39 is 0 Å². The zero-order valence-corrected chi connectivity index (χ0v) is 14.5. The van der Waals surface area contributed by atoms with E-state index in [9.17, 15) is 4.79 Å².